The molecule has 1 aromatic heterocycles. The summed E-state index contributed by atoms with van der Waals surface area (Å²) in [6, 6.07) is 4.03. The third kappa shape index (κ3) is 2.56. The van der Waals surface area contributed by atoms with Crippen molar-refractivity contribution in [3.8, 4) is 6.07 Å². The molecule has 1 atom stereocenters. The number of nitrogens with zero attached hydrogens (tertiary/aromatic N) is 2. The van der Waals surface area contributed by atoms with E-state index in [1.807, 2.05) is 13.0 Å². The standard InChI is InChI=1S/C13H17N3O/c1-10-4-6-15-12(11(10)8-14)16-9-13(2)5-3-7-17-13/h4,6H,3,5,7,9H2,1-2H3,(H,15,16). The van der Waals surface area contributed by atoms with Gasteiger partial charge < -0.3 is 10.1 Å². The van der Waals surface area contributed by atoms with E-state index in [0.717, 1.165) is 25.0 Å². The minimum Gasteiger partial charge on any atom is -0.373 e. The molecule has 0 aliphatic carbocycles. The molecule has 0 aromatic carbocycles. The summed E-state index contributed by atoms with van der Waals surface area (Å²) in [6.07, 6.45) is 3.87. The molecule has 17 heavy (non-hydrogen) atoms. The molecule has 1 aliphatic heterocycles. The largest absolute Gasteiger partial charge is 0.373 e. The molecule has 0 spiro atoms. The van der Waals surface area contributed by atoms with E-state index in [4.69, 9.17) is 10.00 Å². The minimum atomic E-state index is -0.127. The zero-order valence-electron chi connectivity index (χ0n) is 10.3. The number of aryl methyl sites for hydroxylation is 1. The lowest BCUT2D eigenvalue weighted by Crippen LogP contribution is -2.33. The van der Waals surface area contributed by atoms with Crippen LogP contribution in [0.5, 0.6) is 0 Å². The van der Waals surface area contributed by atoms with E-state index < -0.39 is 0 Å². The lowest BCUT2D eigenvalue weighted by atomic mass is 10.0. The summed E-state index contributed by atoms with van der Waals surface area (Å²) in [5.74, 6) is 0.657. The molecule has 1 aliphatic rings. The second-order valence-corrected chi connectivity index (χ2v) is 4.72. The molecule has 1 saturated heterocycles. The van der Waals surface area contributed by atoms with Gasteiger partial charge in [0.2, 0.25) is 0 Å². The van der Waals surface area contributed by atoms with E-state index in [0.29, 0.717) is 17.9 Å². The Bertz CT molecular complexity index is 444. The van der Waals surface area contributed by atoms with Crippen LogP contribution in [0.25, 0.3) is 0 Å². The second-order valence-electron chi connectivity index (χ2n) is 4.72. The maximum absolute atomic E-state index is 9.09. The Labute approximate surface area is 102 Å². The Morgan fingerprint density at radius 2 is 2.47 bits per heavy atom. The number of pyridine rings is 1. The maximum Gasteiger partial charge on any atom is 0.144 e. The number of hydrogen-bond acceptors (Lipinski definition) is 4. The van der Waals surface area contributed by atoms with Gasteiger partial charge in [-0.15, -0.1) is 0 Å². The van der Waals surface area contributed by atoms with Crippen LogP contribution in [-0.2, 0) is 4.74 Å². The molecule has 1 N–H and O–H groups in total. The average Bonchev–Trinajstić information content (AvgIpc) is 2.74. The van der Waals surface area contributed by atoms with Crippen LogP contribution in [0.15, 0.2) is 12.3 Å². The predicted molar refractivity (Wildman–Crippen MR) is 65.8 cm³/mol. The topological polar surface area (TPSA) is 57.9 Å². The van der Waals surface area contributed by atoms with Gasteiger partial charge in [0.25, 0.3) is 0 Å². The highest BCUT2D eigenvalue weighted by Crippen LogP contribution is 2.26. The molecular formula is C13H17N3O. The zero-order chi connectivity index (χ0) is 12.3. The molecule has 0 saturated carbocycles. The van der Waals surface area contributed by atoms with Gasteiger partial charge in [0.1, 0.15) is 11.9 Å². The Hall–Kier alpha value is -1.60. The minimum absolute atomic E-state index is 0.127. The molecule has 1 fully saturated rings. The van der Waals surface area contributed by atoms with Crippen molar-refractivity contribution in [3.05, 3.63) is 23.4 Å². The Morgan fingerprint density at radius 3 is 3.12 bits per heavy atom. The van der Waals surface area contributed by atoms with Gasteiger partial charge in [-0.2, -0.15) is 5.26 Å². The normalized spacial score (nSPS) is 23.4. The van der Waals surface area contributed by atoms with Gasteiger partial charge in [-0.1, -0.05) is 0 Å². The lowest BCUT2D eigenvalue weighted by molar-refractivity contribution is 0.0314. The smallest absolute Gasteiger partial charge is 0.144 e. The second kappa shape index (κ2) is 4.72. The van der Waals surface area contributed by atoms with E-state index in [9.17, 15) is 0 Å². The van der Waals surface area contributed by atoms with Crippen molar-refractivity contribution in [1.82, 2.24) is 4.98 Å². The molecule has 0 bridgehead atoms. The van der Waals surface area contributed by atoms with Gasteiger partial charge in [0.05, 0.1) is 11.2 Å². The molecule has 0 radical (unpaired) electrons. The van der Waals surface area contributed by atoms with Gasteiger partial charge >= 0.3 is 0 Å². The predicted octanol–water partition coefficient (Wildman–Crippen LogP) is 2.24. The summed E-state index contributed by atoms with van der Waals surface area (Å²) in [6.45, 7) is 5.52. The van der Waals surface area contributed by atoms with Crippen molar-refractivity contribution in [2.75, 3.05) is 18.5 Å². The molecule has 4 nitrogen and oxygen atoms in total. The number of anilines is 1. The van der Waals surface area contributed by atoms with Crippen LogP contribution in [0.1, 0.15) is 30.9 Å². The Kier molecular flexibility index (Phi) is 3.30. The Balaban J connectivity index is 2.09. The van der Waals surface area contributed by atoms with Crippen LogP contribution >= 0.6 is 0 Å². The first-order valence-corrected chi connectivity index (χ1v) is 5.88. The fraction of sp³-hybridized carbons (Fsp3) is 0.538. The Morgan fingerprint density at radius 1 is 1.65 bits per heavy atom. The van der Waals surface area contributed by atoms with Gasteiger partial charge in [-0.05, 0) is 38.3 Å². The highest BCUT2D eigenvalue weighted by molar-refractivity contribution is 5.55. The van der Waals surface area contributed by atoms with Crippen LogP contribution in [0.2, 0.25) is 0 Å². The monoisotopic (exact) mass is 231 g/mol. The lowest BCUT2D eigenvalue weighted by Gasteiger charge is -2.24. The van der Waals surface area contributed by atoms with Crippen molar-refractivity contribution in [1.29, 1.82) is 5.26 Å². The molecule has 2 heterocycles. The molecule has 4 heteroatoms. The molecule has 90 valence electrons. The summed E-state index contributed by atoms with van der Waals surface area (Å²) < 4.78 is 5.69. The quantitative estimate of drug-likeness (QED) is 0.866. The summed E-state index contributed by atoms with van der Waals surface area (Å²) in [5.41, 5.74) is 1.44. The molecule has 0 amide bonds. The first-order chi connectivity index (χ1) is 8.14. The van der Waals surface area contributed by atoms with E-state index in [1.165, 1.54) is 0 Å². The first-order valence-electron chi connectivity index (χ1n) is 5.88. The SMILES string of the molecule is Cc1ccnc(NCC2(C)CCCO2)c1C#N. The molecule has 1 aromatic rings. The summed E-state index contributed by atoms with van der Waals surface area (Å²) in [4.78, 5) is 4.21. The van der Waals surface area contributed by atoms with E-state index in [2.05, 4.69) is 23.3 Å². The van der Waals surface area contributed by atoms with E-state index >= 15 is 0 Å². The number of nitriles is 1. The van der Waals surface area contributed by atoms with E-state index in [-0.39, 0.29) is 5.60 Å². The maximum atomic E-state index is 9.09. The number of aromatic nitrogens is 1. The van der Waals surface area contributed by atoms with E-state index in [1.54, 1.807) is 6.20 Å². The van der Waals surface area contributed by atoms with Crippen molar-refractivity contribution in [2.24, 2.45) is 0 Å². The van der Waals surface area contributed by atoms with Gasteiger partial charge in [0, 0.05) is 19.3 Å². The molecule has 1 unspecified atom stereocenters. The summed E-state index contributed by atoms with van der Waals surface area (Å²) >= 11 is 0. The van der Waals surface area contributed by atoms with Crippen LogP contribution in [0.3, 0.4) is 0 Å². The number of hydrogen-bond donors (Lipinski definition) is 1. The number of rotatable bonds is 3. The van der Waals surface area contributed by atoms with Crippen LogP contribution in [0.4, 0.5) is 5.82 Å². The van der Waals surface area contributed by atoms with Crippen LogP contribution < -0.4 is 5.32 Å². The molecular weight excluding hydrogens is 214 g/mol. The highest BCUT2D eigenvalue weighted by Gasteiger charge is 2.29. The first kappa shape index (κ1) is 11.9. The fourth-order valence-corrected chi connectivity index (χ4v) is 2.08. The van der Waals surface area contributed by atoms with Crippen LogP contribution in [-0.4, -0.2) is 23.7 Å². The third-order valence-electron chi connectivity index (χ3n) is 3.20. The van der Waals surface area contributed by atoms with Crippen molar-refractivity contribution in [3.63, 3.8) is 0 Å². The van der Waals surface area contributed by atoms with Gasteiger partial charge in [0.15, 0.2) is 0 Å². The summed E-state index contributed by atoms with van der Waals surface area (Å²) in [5, 5.41) is 12.3. The van der Waals surface area contributed by atoms with Gasteiger partial charge in [-0.25, -0.2) is 4.98 Å². The number of nitrogens with one attached hydrogen (secondary N) is 1. The summed E-state index contributed by atoms with van der Waals surface area (Å²) in [7, 11) is 0. The number of ether oxygens (including phenoxy) is 1. The average molecular weight is 231 g/mol. The van der Waals surface area contributed by atoms with Crippen molar-refractivity contribution in [2.45, 2.75) is 32.3 Å². The molecule has 2 rings (SSSR count). The van der Waals surface area contributed by atoms with Crippen molar-refractivity contribution < 1.29 is 4.74 Å². The van der Waals surface area contributed by atoms with Gasteiger partial charge in [-0.3, -0.25) is 0 Å². The van der Waals surface area contributed by atoms with Crippen LogP contribution in [0, 0.1) is 18.3 Å². The fourth-order valence-electron chi connectivity index (χ4n) is 2.08. The van der Waals surface area contributed by atoms with Crippen molar-refractivity contribution >= 4 is 5.82 Å². The third-order valence-corrected chi connectivity index (χ3v) is 3.20. The zero-order valence-corrected chi connectivity index (χ0v) is 10.3. The highest BCUT2D eigenvalue weighted by atomic mass is 16.5.